The van der Waals surface area contributed by atoms with Crippen molar-refractivity contribution in [2.75, 3.05) is 6.54 Å². The molecule has 1 aliphatic heterocycles. The van der Waals surface area contributed by atoms with Crippen molar-refractivity contribution in [2.24, 2.45) is 0 Å². The number of hydrogen-bond donors (Lipinski definition) is 1. The van der Waals surface area contributed by atoms with Crippen molar-refractivity contribution in [3.63, 3.8) is 0 Å². The Morgan fingerprint density at radius 2 is 2.15 bits per heavy atom. The quantitative estimate of drug-likeness (QED) is 0.923. The van der Waals surface area contributed by atoms with Crippen LogP contribution in [0.15, 0.2) is 17.8 Å². The molecule has 2 aromatic heterocycles. The lowest BCUT2D eigenvalue weighted by atomic mass is 9.94. The van der Waals surface area contributed by atoms with Gasteiger partial charge in [0.05, 0.1) is 6.04 Å². The Morgan fingerprint density at radius 3 is 3.05 bits per heavy atom. The summed E-state index contributed by atoms with van der Waals surface area (Å²) in [5, 5.41) is 14.5. The highest BCUT2D eigenvalue weighted by molar-refractivity contribution is 7.10. The molecule has 2 aromatic rings. The number of aromatic nitrogens is 3. The van der Waals surface area contributed by atoms with Crippen LogP contribution in [0.4, 0.5) is 0 Å². The smallest absolute Gasteiger partial charge is 0.154 e. The van der Waals surface area contributed by atoms with Crippen LogP contribution in [0.25, 0.3) is 0 Å². The lowest BCUT2D eigenvalue weighted by Crippen LogP contribution is -2.32. The zero-order chi connectivity index (χ0) is 13.4. The van der Waals surface area contributed by atoms with Crippen LogP contribution < -0.4 is 5.32 Å². The van der Waals surface area contributed by atoms with Crippen LogP contribution in [0, 0.1) is 0 Å². The van der Waals surface area contributed by atoms with E-state index in [1.165, 1.54) is 42.5 Å². The fourth-order valence-corrected chi connectivity index (χ4v) is 4.50. The monoisotopic (exact) mass is 288 g/mol. The normalized spacial score (nSPS) is 23.7. The van der Waals surface area contributed by atoms with E-state index in [0.717, 1.165) is 18.8 Å². The van der Waals surface area contributed by atoms with Crippen LogP contribution in [0.5, 0.6) is 0 Å². The van der Waals surface area contributed by atoms with E-state index in [0.29, 0.717) is 6.04 Å². The molecule has 1 aliphatic carbocycles. The van der Waals surface area contributed by atoms with E-state index in [1.54, 1.807) is 0 Å². The SMILES string of the molecule is c1cc2c(s1)CCNC2c1nncn1C1CCCCC1. The number of rotatable bonds is 2. The molecule has 1 saturated carbocycles. The molecule has 4 nitrogen and oxygen atoms in total. The van der Waals surface area contributed by atoms with Crippen LogP contribution in [0.1, 0.15) is 60.5 Å². The molecule has 1 unspecified atom stereocenters. The molecule has 20 heavy (non-hydrogen) atoms. The van der Waals surface area contributed by atoms with Crippen LogP contribution in [0.3, 0.4) is 0 Å². The van der Waals surface area contributed by atoms with E-state index < -0.39 is 0 Å². The van der Waals surface area contributed by atoms with Gasteiger partial charge in [0.1, 0.15) is 6.33 Å². The van der Waals surface area contributed by atoms with Crippen molar-refractivity contribution >= 4 is 11.3 Å². The predicted molar refractivity (Wildman–Crippen MR) is 80.0 cm³/mol. The first kappa shape index (κ1) is 12.5. The van der Waals surface area contributed by atoms with Crippen molar-refractivity contribution in [1.29, 1.82) is 0 Å². The predicted octanol–water partition coefficient (Wildman–Crippen LogP) is 3.08. The van der Waals surface area contributed by atoms with Gasteiger partial charge in [0.2, 0.25) is 0 Å². The Labute approximate surface area is 123 Å². The van der Waals surface area contributed by atoms with Crippen LogP contribution >= 0.6 is 11.3 Å². The van der Waals surface area contributed by atoms with Gasteiger partial charge in [-0.25, -0.2) is 0 Å². The molecule has 3 heterocycles. The molecule has 1 fully saturated rings. The molecule has 0 amide bonds. The first-order valence-electron chi connectivity index (χ1n) is 7.62. The van der Waals surface area contributed by atoms with E-state index in [2.05, 4.69) is 31.5 Å². The molecule has 1 atom stereocenters. The first-order valence-corrected chi connectivity index (χ1v) is 8.50. The Kier molecular flexibility index (Phi) is 3.32. The minimum absolute atomic E-state index is 0.231. The van der Waals surface area contributed by atoms with E-state index in [1.807, 2.05) is 17.7 Å². The summed E-state index contributed by atoms with van der Waals surface area (Å²) in [5.41, 5.74) is 1.41. The van der Waals surface area contributed by atoms with Gasteiger partial charge in [-0.05, 0) is 36.3 Å². The van der Waals surface area contributed by atoms with Crippen molar-refractivity contribution in [3.8, 4) is 0 Å². The number of nitrogens with one attached hydrogen (secondary N) is 1. The summed E-state index contributed by atoms with van der Waals surface area (Å²) < 4.78 is 2.34. The lowest BCUT2D eigenvalue weighted by molar-refractivity contribution is 0.337. The molecule has 2 aliphatic rings. The number of nitrogens with zero attached hydrogens (tertiary/aromatic N) is 3. The first-order chi connectivity index (χ1) is 9.93. The van der Waals surface area contributed by atoms with E-state index in [4.69, 9.17) is 0 Å². The zero-order valence-electron chi connectivity index (χ0n) is 11.6. The van der Waals surface area contributed by atoms with Crippen molar-refractivity contribution in [1.82, 2.24) is 20.1 Å². The minimum atomic E-state index is 0.231. The molecular weight excluding hydrogens is 268 g/mol. The number of thiophene rings is 1. The zero-order valence-corrected chi connectivity index (χ0v) is 12.4. The number of fused-ring (bicyclic) bond motifs is 1. The Bertz CT molecular complexity index is 582. The average Bonchev–Trinajstić information content (AvgIpc) is 3.16. The van der Waals surface area contributed by atoms with Crippen molar-refractivity contribution in [3.05, 3.63) is 34.0 Å². The maximum Gasteiger partial charge on any atom is 0.154 e. The molecule has 0 spiro atoms. The Hall–Kier alpha value is -1.20. The van der Waals surface area contributed by atoms with Crippen LogP contribution in [-0.2, 0) is 6.42 Å². The molecule has 106 valence electrons. The van der Waals surface area contributed by atoms with Gasteiger partial charge in [0, 0.05) is 17.5 Å². The summed E-state index contributed by atoms with van der Waals surface area (Å²) in [7, 11) is 0. The molecule has 0 saturated heterocycles. The van der Waals surface area contributed by atoms with Crippen molar-refractivity contribution in [2.45, 2.75) is 50.6 Å². The second kappa shape index (κ2) is 5.30. The van der Waals surface area contributed by atoms with Crippen molar-refractivity contribution < 1.29 is 0 Å². The van der Waals surface area contributed by atoms with Gasteiger partial charge in [0.25, 0.3) is 0 Å². The summed E-state index contributed by atoms with van der Waals surface area (Å²) >= 11 is 1.87. The summed E-state index contributed by atoms with van der Waals surface area (Å²) in [6.45, 7) is 1.04. The molecule has 0 radical (unpaired) electrons. The van der Waals surface area contributed by atoms with Gasteiger partial charge in [-0.2, -0.15) is 0 Å². The number of hydrogen-bond acceptors (Lipinski definition) is 4. The largest absolute Gasteiger partial charge is 0.313 e. The molecule has 4 rings (SSSR count). The molecule has 0 bridgehead atoms. The highest BCUT2D eigenvalue weighted by Crippen LogP contribution is 2.34. The molecule has 0 aromatic carbocycles. The summed E-state index contributed by atoms with van der Waals surface area (Å²) in [6.07, 6.45) is 9.68. The van der Waals surface area contributed by atoms with Crippen LogP contribution in [0.2, 0.25) is 0 Å². The summed E-state index contributed by atoms with van der Waals surface area (Å²) in [4.78, 5) is 1.51. The highest BCUT2D eigenvalue weighted by Gasteiger charge is 2.28. The highest BCUT2D eigenvalue weighted by atomic mass is 32.1. The Morgan fingerprint density at radius 1 is 1.25 bits per heavy atom. The Balaban J connectivity index is 1.68. The third kappa shape index (κ3) is 2.09. The van der Waals surface area contributed by atoms with Gasteiger partial charge in [0.15, 0.2) is 5.82 Å². The maximum atomic E-state index is 4.45. The second-order valence-corrected chi connectivity index (χ2v) is 6.83. The maximum absolute atomic E-state index is 4.45. The molecular formula is C15H20N4S. The van der Waals surface area contributed by atoms with Gasteiger partial charge in [-0.3, -0.25) is 0 Å². The summed E-state index contributed by atoms with van der Waals surface area (Å²) in [5.74, 6) is 1.11. The van der Waals surface area contributed by atoms with Gasteiger partial charge >= 0.3 is 0 Å². The fourth-order valence-electron chi connectivity index (χ4n) is 3.58. The topological polar surface area (TPSA) is 42.7 Å². The van der Waals surface area contributed by atoms with Gasteiger partial charge in [-0.1, -0.05) is 19.3 Å². The third-order valence-electron chi connectivity index (χ3n) is 4.62. The average molecular weight is 288 g/mol. The van der Waals surface area contributed by atoms with E-state index in [9.17, 15) is 0 Å². The molecule has 1 N–H and O–H groups in total. The van der Waals surface area contributed by atoms with E-state index in [-0.39, 0.29) is 6.04 Å². The second-order valence-electron chi connectivity index (χ2n) is 5.82. The van der Waals surface area contributed by atoms with Gasteiger partial charge in [-0.15, -0.1) is 21.5 Å². The third-order valence-corrected chi connectivity index (χ3v) is 5.61. The molecule has 5 heteroatoms. The van der Waals surface area contributed by atoms with Gasteiger partial charge < -0.3 is 9.88 Å². The lowest BCUT2D eigenvalue weighted by Gasteiger charge is -2.28. The van der Waals surface area contributed by atoms with Crippen LogP contribution in [-0.4, -0.2) is 21.3 Å². The van der Waals surface area contributed by atoms with E-state index >= 15 is 0 Å². The minimum Gasteiger partial charge on any atom is -0.313 e. The standard InChI is InChI=1S/C15H20N4S/c1-2-4-11(5-3-1)19-10-17-18-15(19)14-12-7-9-20-13(12)6-8-16-14/h7,9-11,14,16H,1-6,8H2. The fraction of sp³-hybridized carbons (Fsp3) is 0.600. The summed E-state index contributed by atoms with van der Waals surface area (Å²) in [6, 6.07) is 3.07.